The van der Waals surface area contributed by atoms with E-state index < -0.39 is 0 Å². The molecule has 2 aromatic rings. The van der Waals surface area contributed by atoms with Gasteiger partial charge in [0.25, 0.3) is 0 Å². The van der Waals surface area contributed by atoms with E-state index in [9.17, 15) is 0 Å². The van der Waals surface area contributed by atoms with Gasteiger partial charge in [-0.1, -0.05) is 37.0 Å². The SMILES string of the molecule is CCNCC#Cc1cc2ccccc2nc1C#N. The molecule has 0 bridgehead atoms. The number of hydrogen-bond donors (Lipinski definition) is 1. The lowest BCUT2D eigenvalue weighted by Crippen LogP contribution is -2.11. The molecule has 3 heteroatoms. The Kier molecular flexibility index (Phi) is 3.91. The molecular formula is C15H13N3. The number of nitrogens with zero attached hydrogens (tertiary/aromatic N) is 2. The molecule has 0 aliphatic rings. The lowest BCUT2D eigenvalue weighted by Gasteiger charge is -1.99. The Labute approximate surface area is 106 Å². The molecule has 18 heavy (non-hydrogen) atoms. The normalized spacial score (nSPS) is 9.56. The van der Waals surface area contributed by atoms with E-state index in [4.69, 9.17) is 5.26 Å². The van der Waals surface area contributed by atoms with Crippen LogP contribution in [0.5, 0.6) is 0 Å². The number of pyridine rings is 1. The van der Waals surface area contributed by atoms with Crippen molar-refractivity contribution < 1.29 is 0 Å². The number of rotatable bonds is 2. The van der Waals surface area contributed by atoms with Gasteiger partial charge in [0.15, 0.2) is 5.69 Å². The number of benzene rings is 1. The molecule has 1 aromatic carbocycles. The van der Waals surface area contributed by atoms with Crippen LogP contribution in [0.25, 0.3) is 10.9 Å². The lowest BCUT2D eigenvalue weighted by atomic mass is 10.1. The highest BCUT2D eigenvalue weighted by Crippen LogP contribution is 2.15. The van der Waals surface area contributed by atoms with E-state index in [0.717, 1.165) is 17.4 Å². The summed E-state index contributed by atoms with van der Waals surface area (Å²) in [5, 5.41) is 13.2. The van der Waals surface area contributed by atoms with Crippen molar-refractivity contribution in [3.05, 3.63) is 41.6 Å². The number of aromatic nitrogens is 1. The fourth-order valence-corrected chi connectivity index (χ4v) is 1.62. The van der Waals surface area contributed by atoms with Crippen molar-refractivity contribution in [2.75, 3.05) is 13.1 Å². The van der Waals surface area contributed by atoms with Crippen molar-refractivity contribution in [2.45, 2.75) is 6.92 Å². The van der Waals surface area contributed by atoms with Crippen LogP contribution in [0.2, 0.25) is 0 Å². The largest absolute Gasteiger partial charge is 0.306 e. The summed E-state index contributed by atoms with van der Waals surface area (Å²) in [4.78, 5) is 4.31. The highest BCUT2D eigenvalue weighted by molar-refractivity contribution is 5.81. The molecule has 0 amide bonds. The first kappa shape index (κ1) is 12.1. The van der Waals surface area contributed by atoms with Gasteiger partial charge in [-0.3, -0.25) is 0 Å². The Balaban J connectivity index is 2.42. The second kappa shape index (κ2) is 5.82. The minimum absolute atomic E-state index is 0.387. The van der Waals surface area contributed by atoms with Crippen LogP contribution in [0, 0.1) is 23.2 Å². The van der Waals surface area contributed by atoms with Gasteiger partial charge >= 0.3 is 0 Å². The Morgan fingerprint density at radius 2 is 2.17 bits per heavy atom. The molecule has 1 N–H and O–H groups in total. The Bertz CT molecular complexity index is 657. The van der Waals surface area contributed by atoms with Gasteiger partial charge in [0.2, 0.25) is 0 Å². The molecule has 0 unspecified atom stereocenters. The average Bonchev–Trinajstić information content (AvgIpc) is 2.42. The Hall–Kier alpha value is -2.36. The number of nitriles is 1. The van der Waals surface area contributed by atoms with E-state index in [0.29, 0.717) is 17.8 Å². The first-order valence-electron chi connectivity index (χ1n) is 5.84. The average molecular weight is 235 g/mol. The van der Waals surface area contributed by atoms with Gasteiger partial charge in [0, 0.05) is 5.39 Å². The van der Waals surface area contributed by atoms with Crippen molar-refractivity contribution in [1.29, 1.82) is 5.26 Å². The molecule has 0 saturated heterocycles. The van der Waals surface area contributed by atoms with Crippen LogP contribution in [0.3, 0.4) is 0 Å². The summed E-state index contributed by atoms with van der Waals surface area (Å²) in [6, 6.07) is 11.7. The summed E-state index contributed by atoms with van der Waals surface area (Å²) in [5.74, 6) is 5.98. The molecule has 0 atom stereocenters. The predicted molar refractivity (Wildman–Crippen MR) is 71.9 cm³/mol. The summed E-state index contributed by atoms with van der Waals surface area (Å²) in [6.07, 6.45) is 0. The molecule has 1 aromatic heterocycles. The van der Waals surface area contributed by atoms with E-state index in [2.05, 4.69) is 28.2 Å². The van der Waals surface area contributed by atoms with Crippen molar-refractivity contribution in [3.8, 4) is 17.9 Å². The first-order chi connectivity index (χ1) is 8.85. The van der Waals surface area contributed by atoms with Crippen LogP contribution in [-0.4, -0.2) is 18.1 Å². The van der Waals surface area contributed by atoms with Gasteiger partial charge in [-0.05, 0) is 18.7 Å². The predicted octanol–water partition coefficient (Wildman–Crippen LogP) is 2.07. The zero-order valence-electron chi connectivity index (χ0n) is 10.2. The number of hydrogen-bond acceptors (Lipinski definition) is 3. The number of para-hydroxylation sites is 1. The van der Waals surface area contributed by atoms with Gasteiger partial charge in [-0.25, -0.2) is 4.98 Å². The molecule has 88 valence electrons. The fourth-order valence-electron chi connectivity index (χ4n) is 1.62. The van der Waals surface area contributed by atoms with Gasteiger partial charge < -0.3 is 5.32 Å². The smallest absolute Gasteiger partial charge is 0.156 e. The van der Waals surface area contributed by atoms with E-state index >= 15 is 0 Å². The second-order valence-electron chi connectivity index (χ2n) is 3.77. The van der Waals surface area contributed by atoms with Gasteiger partial charge in [0.1, 0.15) is 6.07 Å². The molecular weight excluding hydrogens is 222 g/mol. The highest BCUT2D eigenvalue weighted by Gasteiger charge is 2.03. The van der Waals surface area contributed by atoms with E-state index in [1.165, 1.54) is 0 Å². The molecule has 1 heterocycles. The minimum atomic E-state index is 0.387. The zero-order valence-corrected chi connectivity index (χ0v) is 10.2. The number of nitrogens with one attached hydrogen (secondary N) is 1. The zero-order chi connectivity index (χ0) is 12.8. The molecule has 0 aliphatic heterocycles. The van der Waals surface area contributed by atoms with E-state index in [-0.39, 0.29) is 0 Å². The van der Waals surface area contributed by atoms with E-state index in [1.807, 2.05) is 37.3 Å². The third-order valence-electron chi connectivity index (χ3n) is 2.52. The van der Waals surface area contributed by atoms with Crippen molar-refractivity contribution in [3.63, 3.8) is 0 Å². The number of fused-ring (bicyclic) bond motifs is 1. The Morgan fingerprint density at radius 3 is 2.94 bits per heavy atom. The van der Waals surface area contributed by atoms with Gasteiger partial charge in [0.05, 0.1) is 17.6 Å². The van der Waals surface area contributed by atoms with Crippen LogP contribution < -0.4 is 5.32 Å². The molecule has 0 fully saturated rings. The molecule has 2 rings (SSSR count). The minimum Gasteiger partial charge on any atom is -0.306 e. The molecule has 0 aliphatic carbocycles. The summed E-state index contributed by atoms with van der Waals surface area (Å²) >= 11 is 0. The van der Waals surface area contributed by atoms with Crippen LogP contribution in [0.1, 0.15) is 18.2 Å². The highest BCUT2D eigenvalue weighted by atomic mass is 14.8. The van der Waals surface area contributed by atoms with Crippen LogP contribution in [-0.2, 0) is 0 Å². The van der Waals surface area contributed by atoms with Gasteiger partial charge in [-0.2, -0.15) is 5.26 Å². The lowest BCUT2D eigenvalue weighted by molar-refractivity contribution is 0.811. The standard InChI is InChI=1S/C15H13N3/c1-2-17-9-5-7-13-10-12-6-3-4-8-14(12)18-15(13)11-16/h3-4,6,8,10,17H,2,9H2,1H3. The summed E-state index contributed by atoms with van der Waals surface area (Å²) in [6.45, 7) is 3.53. The first-order valence-corrected chi connectivity index (χ1v) is 5.84. The quantitative estimate of drug-likeness (QED) is 0.640. The van der Waals surface area contributed by atoms with Gasteiger partial charge in [-0.15, -0.1) is 0 Å². The monoisotopic (exact) mass is 235 g/mol. The maximum atomic E-state index is 9.08. The van der Waals surface area contributed by atoms with Crippen LogP contribution in [0.15, 0.2) is 30.3 Å². The fraction of sp³-hybridized carbons (Fsp3) is 0.200. The maximum Gasteiger partial charge on any atom is 0.156 e. The van der Waals surface area contributed by atoms with Crippen molar-refractivity contribution in [1.82, 2.24) is 10.3 Å². The maximum absolute atomic E-state index is 9.08. The van der Waals surface area contributed by atoms with Crippen LogP contribution >= 0.6 is 0 Å². The molecule has 0 spiro atoms. The summed E-state index contributed by atoms with van der Waals surface area (Å²) in [5.41, 5.74) is 1.90. The topological polar surface area (TPSA) is 48.7 Å². The third kappa shape index (κ3) is 2.66. The Morgan fingerprint density at radius 1 is 1.33 bits per heavy atom. The summed E-state index contributed by atoms with van der Waals surface area (Å²) < 4.78 is 0. The molecule has 0 radical (unpaired) electrons. The van der Waals surface area contributed by atoms with Crippen LogP contribution in [0.4, 0.5) is 0 Å². The second-order valence-corrected chi connectivity index (χ2v) is 3.77. The summed E-state index contributed by atoms with van der Waals surface area (Å²) in [7, 11) is 0. The van der Waals surface area contributed by atoms with Crippen molar-refractivity contribution >= 4 is 10.9 Å². The third-order valence-corrected chi connectivity index (χ3v) is 2.52. The molecule has 0 saturated carbocycles. The molecule has 3 nitrogen and oxygen atoms in total. The van der Waals surface area contributed by atoms with E-state index in [1.54, 1.807) is 0 Å². The van der Waals surface area contributed by atoms with Crippen molar-refractivity contribution in [2.24, 2.45) is 0 Å².